The largest absolute Gasteiger partial charge is 1.00 e. The summed E-state index contributed by atoms with van der Waals surface area (Å²) in [5.74, 6) is -0.0250. The van der Waals surface area contributed by atoms with Crippen LogP contribution in [0, 0.1) is 0 Å². The Hall–Kier alpha value is -1.83. The predicted octanol–water partition coefficient (Wildman–Crippen LogP) is 0.0278. The molecule has 0 bridgehead atoms. The zero-order chi connectivity index (χ0) is 19.8. The van der Waals surface area contributed by atoms with E-state index >= 15 is 0 Å². The summed E-state index contributed by atoms with van der Waals surface area (Å²) in [6, 6.07) is 8.67. The number of thioether (sulfide) groups is 1. The Bertz CT molecular complexity index is 823. The lowest BCUT2D eigenvalue weighted by Gasteiger charge is -2.18. The van der Waals surface area contributed by atoms with Crippen molar-refractivity contribution < 1.29 is 22.3 Å². The number of hydrogen-bond donors (Lipinski definition) is 1. The van der Waals surface area contributed by atoms with Gasteiger partial charge in [-0.15, -0.1) is 0 Å². The summed E-state index contributed by atoms with van der Waals surface area (Å²) >= 11 is 1.31. The average Bonchev–Trinajstić information content (AvgIpc) is 2.68. The van der Waals surface area contributed by atoms with E-state index in [9.17, 15) is 14.7 Å². The third kappa shape index (κ3) is 5.83. The van der Waals surface area contributed by atoms with Gasteiger partial charge in [0.15, 0.2) is 5.16 Å². The fourth-order valence-electron chi connectivity index (χ4n) is 2.79. The number of hydrogen-bond acceptors (Lipinski definition) is 6. The Labute approximate surface area is 176 Å². The van der Waals surface area contributed by atoms with Crippen molar-refractivity contribution in [3.8, 4) is 5.88 Å². The number of rotatable bonds is 9. The number of aromatic nitrogens is 2. The van der Waals surface area contributed by atoms with Gasteiger partial charge in [0.2, 0.25) is 5.88 Å². The van der Waals surface area contributed by atoms with E-state index in [0.29, 0.717) is 24.2 Å². The lowest BCUT2D eigenvalue weighted by Crippen LogP contribution is -3.00. The van der Waals surface area contributed by atoms with Crippen LogP contribution < -0.4 is 18.0 Å². The van der Waals surface area contributed by atoms with Crippen LogP contribution >= 0.6 is 11.8 Å². The summed E-state index contributed by atoms with van der Waals surface area (Å²) < 4.78 is 1.10. The van der Waals surface area contributed by atoms with E-state index < -0.39 is 11.5 Å². The summed E-state index contributed by atoms with van der Waals surface area (Å²) in [7, 11) is 0. The van der Waals surface area contributed by atoms with Crippen LogP contribution in [0.5, 0.6) is 5.88 Å². The molecule has 0 radical (unpaired) electrons. The van der Waals surface area contributed by atoms with Crippen LogP contribution in [-0.2, 0) is 6.42 Å². The van der Waals surface area contributed by atoms with Gasteiger partial charge in [-0.1, -0.05) is 57.2 Å². The van der Waals surface area contributed by atoms with E-state index in [1.807, 2.05) is 13.0 Å². The standard InChI is InChI=1S/C20H27N3O3S.ClH/c1-4-10-16-17(24)21-20(27-14-13-22(5-2)6-3)23(19(16)26)18(25)15-11-8-7-9-12-15;/h7-9,11-12,24H,4-6,10,13-14H2,1-3H3;1H/p-1. The number of aromatic hydroxyl groups is 1. The molecule has 28 heavy (non-hydrogen) atoms. The van der Waals surface area contributed by atoms with Crippen molar-refractivity contribution in [1.29, 1.82) is 0 Å². The molecule has 2 aromatic rings. The van der Waals surface area contributed by atoms with Gasteiger partial charge < -0.3 is 22.4 Å². The first-order chi connectivity index (χ1) is 13.0. The summed E-state index contributed by atoms with van der Waals surface area (Å²) in [5, 5.41) is 10.5. The molecule has 0 saturated heterocycles. The maximum atomic E-state index is 13.0. The van der Waals surface area contributed by atoms with Crippen molar-refractivity contribution in [2.24, 2.45) is 0 Å². The van der Waals surface area contributed by atoms with Crippen LogP contribution in [0.3, 0.4) is 0 Å². The number of nitrogens with zero attached hydrogens (tertiary/aromatic N) is 3. The number of carbonyl (C=O) groups excluding carboxylic acids is 1. The van der Waals surface area contributed by atoms with Crippen molar-refractivity contribution in [1.82, 2.24) is 14.5 Å². The molecular weight excluding hydrogens is 398 g/mol. The molecule has 2 rings (SSSR count). The van der Waals surface area contributed by atoms with E-state index in [2.05, 4.69) is 23.7 Å². The minimum atomic E-state index is -0.483. The Morgan fingerprint density at radius 3 is 2.39 bits per heavy atom. The molecule has 0 atom stereocenters. The van der Waals surface area contributed by atoms with Gasteiger partial charge in [-0.25, -0.2) is 4.57 Å². The van der Waals surface area contributed by atoms with Gasteiger partial charge in [0.25, 0.3) is 11.5 Å². The summed E-state index contributed by atoms with van der Waals surface area (Å²) in [6.45, 7) is 8.76. The van der Waals surface area contributed by atoms with E-state index in [0.717, 1.165) is 24.2 Å². The van der Waals surface area contributed by atoms with Crippen molar-refractivity contribution >= 4 is 17.7 Å². The molecule has 1 aromatic carbocycles. The molecule has 0 fully saturated rings. The van der Waals surface area contributed by atoms with E-state index in [1.165, 1.54) is 11.8 Å². The fraction of sp³-hybridized carbons (Fsp3) is 0.450. The third-order valence-corrected chi connectivity index (χ3v) is 5.30. The molecule has 0 unspecified atom stereocenters. The zero-order valence-electron chi connectivity index (χ0n) is 16.5. The number of carbonyl (C=O) groups is 1. The first kappa shape index (κ1) is 24.2. The first-order valence-corrected chi connectivity index (χ1v) is 10.3. The highest BCUT2D eigenvalue weighted by atomic mass is 35.5. The van der Waals surface area contributed by atoms with Gasteiger partial charge in [-0.05, 0) is 31.6 Å². The smallest absolute Gasteiger partial charge is 0.268 e. The van der Waals surface area contributed by atoms with Crippen LogP contribution in [0.25, 0.3) is 0 Å². The SMILES string of the molecule is CCCc1c(O)nc(SCCN(CC)CC)n(C(=O)c2ccccc2)c1=O.[Cl-]. The van der Waals surface area contributed by atoms with Crippen LogP contribution in [-0.4, -0.2) is 50.9 Å². The van der Waals surface area contributed by atoms with Gasteiger partial charge in [0.1, 0.15) is 0 Å². The first-order valence-electron chi connectivity index (χ1n) is 9.33. The quantitative estimate of drug-likeness (QED) is 0.452. The van der Waals surface area contributed by atoms with Crippen molar-refractivity contribution in [3.05, 3.63) is 51.8 Å². The molecule has 0 amide bonds. The zero-order valence-corrected chi connectivity index (χ0v) is 18.1. The van der Waals surface area contributed by atoms with Crippen molar-refractivity contribution in [3.63, 3.8) is 0 Å². The second-order valence-corrected chi connectivity index (χ2v) is 7.20. The molecule has 0 aliphatic rings. The molecular formula is C20H27ClN3O3S-. The summed E-state index contributed by atoms with van der Waals surface area (Å²) in [4.78, 5) is 32.4. The van der Waals surface area contributed by atoms with Crippen LogP contribution in [0.1, 0.15) is 43.1 Å². The molecule has 6 nitrogen and oxygen atoms in total. The van der Waals surface area contributed by atoms with Crippen LogP contribution in [0.2, 0.25) is 0 Å². The topological polar surface area (TPSA) is 75.4 Å². The van der Waals surface area contributed by atoms with Gasteiger partial charge >= 0.3 is 0 Å². The molecule has 154 valence electrons. The Kier molecular flexibility index (Phi) is 10.3. The molecule has 0 aliphatic heterocycles. The summed E-state index contributed by atoms with van der Waals surface area (Å²) in [6.07, 6.45) is 1.06. The molecule has 0 saturated carbocycles. The summed E-state index contributed by atoms with van der Waals surface area (Å²) in [5.41, 5.74) is 0.124. The maximum Gasteiger partial charge on any atom is 0.268 e. The highest BCUT2D eigenvalue weighted by Gasteiger charge is 2.21. The van der Waals surface area contributed by atoms with Gasteiger partial charge in [-0.2, -0.15) is 4.98 Å². The highest BCUT2D eigenvalue weighted by Crippen LogP contribution is 2.21. The van der Waals surface area contributed by atoms with Gasteiger partial charge in [0.05, 0.1) is 5.56 Å². The molecule has 0 spiro atoms. The minimum Gasteiger partial charge on any atom is -1.00 e. The van der Waals surface area contributed by atoms with E-state index in [1.54, 1.807) is 24.3 Å². The Balaban J connectivity index is 0.00000392. The van der Waals surface area contributed by atoms with Gasteiger partial charge in [0, 0.05) is 17.9 Å². The highest BCUT2D eigenvalue weighted by molar-refractivity contribution is 7.99. The number of halogens is 1. The molecule has 0 aliphatic carbocycles. The maximum absolute atomic E-state index is 13.0. The average molecular weight is 425 g/mol. The molecule has 1 aromatic heterocycles. The van der Waals surface area contributed by atoms with Gasteiger partial charge in [-0.3, -0.25) is 9.59 Å². The predicted molar refractivity (Wildman–Crippen MR) is 109 cm³/mol. The number of benzene rings is 1. The lowest BCUT2D eigenvalue weighted by molar-refractivity contribution is -0.0000153. The minimum absolute atomic E-state index is 0. The molecule has 1 heterocycles. The third-order valence-electron chi connectivity index (χ3n) is 4.38. The van der Waals surface area contributed by atoms with Crippen LogP contribution in [0.15, 0.2) is 40.3 Å². The lowest BCUT2D eigenvalue weighted by atomic mass is 10.2. The Morgan fingerprint density at radius 1 is 1.18 bits per heavy atom. The van der Waals surface area contributed by atoms with E-state index in [-0.39, 0.29) is 29.0 Å². The Morgan fingerprint density at radius 2 is 1.82 bits per heavy atom. The normalized spacial score (nSPS) is 10.7. The molecule has 1 N–H and O–H groups in total. The second kappa shape index (κ2) is 11.9. The van der Waals surface area contributed by atoms with E-state index in [4.69, 9.17) is 0 Å². The second-order valence-electron chi connectivity index (χ2n) is 6.13. The monoisotopic (exact) mass is 424 g/mol. The van der Waals surface area contributed by atoms with Crippen molar-refractivity contribution in [2.75, 3.05) is 25.4 Å². The fourth-order valence-corrected chi connectivity index (χ4v) is 3.76. The molecule has 8 heteroatoms. The van der Waals surface area contributed by atoms with Crippen LogP contribution in [0.4, 0.5) is 0 Å². The van der Waals surface area contributed by atoms with Crippen molar-refractivity contribution in [2.45, 2.75) is 38.8 Å².